The van der Waals surface area contributed by atoms with Gasteiger partial charge in [-0.1, -0.05) is 6.42 Å². The lowest BCUT2D eigenvalue weighted by atomic mass is 9.99. The average Bonchev–Trinajstić information content (AvgIpc) is 3.15. The number of hydrazine groups is 2. The number of rotatable bonds is 2. The number of hydrogen-bond acceptors (Lipinski definition) is 7. The molecule has 0 aliphatic carbocycles. The van der Waals surface area contributed by atoms with E-state index in [1.165, 1.54) is 19.3 Å². The fourth-order valence-corrected chi connectivity index (χ4v) is 5.15. The zero-order valence-electron chi connectivity index (χ0n) is 12.0. The van der Waals surface area contributed by atoms with E-state index in [9.17, 15) is 0 Å². The fourth-order valence-electron chi connectivity index (χ4n) is 3.80. The van der Waals surface area contributed by atoms with Gasteiger partial charge in [-0.2, -0.15) is 5.01 Å². The fraction of sp³-hybridized carbons (Fsp3) is 1.00. The Labute approximate surface area is 124 Å². The van der Waals surface area contributed by atoms with Crippen LogP contribution < -0.4 is 21.6 Å². The molecule has 0 radical (unpaired) electrons. The van der Waals surface area contributed by atoms with Crippen molar-refractivity contribution < 1.29 is 4.74 Å². The van der Waals surface area contributed by atoms with Gasteiger partial charge in [0, 0.05) is 18.6 Å². The Morgan fingerprint density at radius 3 is 2.90 bits per heavy atom. The quantitative estimate of drug-likeness (QED) is 0.579. The van der Waals surface area contributed by atoms with Gasteiger partial charge >= 0.3 is 0 Å². The molecular formula is C13H25N5OS. The largest absolute Gasteiger partial charge is 0.378 e. The molecule has 4 N–H and O–H groups in total. The van der Waals surface area contributed by atoms with Gasteiger partial charge in [0.1, 0.15) is 5.50 Å². The van der Waals surface area contributed by atoms with Gasteiger partial charge in [0.25, 0.3) is 0 Å². The van der Waals surface area contributed by atoms with Crippen LogP contribution in [0.5, 0.6) is 0 Å². The number of nitrogens with one attached hydrogen (secondary N) is 4. The molecule has 6 nitrogen and oxygen atoms in total. The van der Waals surface area contributed by atoms with Crippen LogP contribution in [0.15, 0.2) is 0 Å². The van der Waals surface area contributed by atoms with E-state index in [0.717, 1.165) is 19.6 Å². The zero-order chi connectivity index (χ0) is 13.5. The van der Waals surface area contributed by atoms with Crippen LogP contribution in [0, 0.1) is 5.92 Å². The van der Waals surface area contributed by atoms with Crippen molar-refractivity contribution >= 4 is 11.8 Å². The Morgan fingerprint density at radius 2 is 2.15 bits per heavy atom. The smallest absolute Gasteiger partial charge is 0.136 e. The van der Waals surface area contributed by atoms with Crippen LogP contribution in [-0.2, 0) is 4.74 Å². The first-order chi connectivity index (χ1) is 9.83. The van der Waals surface area contributed by atoms with E-state index >= 15 is 0 Å². The molecule has 4 aliphatic heterocycles. The van der Waals surface area contributed by atoms with E-state index in [1.54, 1.807) is 0 Å². The third-order valence-corrected chi connectivity index (χ3v) is 6.34. The molecular weight excluding hydrogens is 274 g/mol. The summed E-state index contributed by atoms with van der Waals surface area (Å²) in [5.74, 6) is 0.554. The van der Waals surface area contributed by atoms with Crippen molar-refractivity contribution in [3.05, 3.63) is 0 Å². The highest BCUT2D eigenvalue weighted by Crippen LogP contribution is 2.36. The molecule has 0 bridgehead atoms. The number of fused-ring (bicyclic) bond motifs is 1. The number of nitrogens with zero attached hydrogens (tertiary/aromatic N) is 1. The summed E-state index contributed by atoms with van der Waals surface area (Å²) in [5.41, 5.74) is 10.9. The summed E-state index contributed by atoms with van der Waals surface area (Å²) in [6, 6.07) is 0.596. The third-order valence-electron chi connectivity index (χ3n) is 5.01. The van der Waals surface area contributed by atoms with E-state index in [1.807, 2.05) is 11.8 Å². The Morgan fingerprint density at radius 1 is 1.20 bits per heavy atom. The second kappa shape index (κ2) is 5.72. The normalized spacial score (nSPS) is 49.6. The van der Waals surface area contributed by atoms with E-state index in [0.29, 0.717) is 35.1 Å². The minimum absolute atomic E-state index is 0.332. The van der Waals surface area contributed by atoms with Gasteiger partial charge in [-0.3, -0.25) is 0 Å². The average molecular weight is 299 g/mol. The van der Waals surface area contributed by atoms with Gasteiger partial charge < -0.3 is 10.1 Å². The van der Waals surface area contributed by atoms with E-state index in [-0.39, 0.29) is 0 Å². The first-order valence-electron chi connectivity index (χ1n) is 7.89. The molecule has 6 unspecified atom stereocenters. The summed E-state index contributed by atoms with van der Waals surface area (Å²) in [4.78, 5) is 0. The number of hydrogen-bond donors (Lipinski definition) is 4. The van der Waals surface area contributed by atoms with Crippen molar-refractivity contribution in [1.82, 2.24) is 26.6 Å². The molecule has 20 heavy (non-hydrogen) atoms. The molecule has 0 spiro atoms. The van der Waals surface area contributed by atoms with Crippen molar-refractivity contribution in [2.45, 2.75) is 61.8 Å². The van der Waals surface area contributed by atoms with Crippen LogP contribution in [0.3, 0.4) is 0 Å². The maximum Gasteiger partial charge on any atom is 0.136 e. The van der Waals surface area contributed by atoms with Gasteiger partial charge in [-0.05, 0) is 32.7 Å². The van der Waals surface area contributed by atoms with Crippen LogP contribution in [0.25, 0.3) is 0 Å². The molecule has 0 amide bonds. The lowest BCUT2D eigenvalue weighted by Gasteiger charge is -2.32. The highest BCUT2D eigenvalue weighted by molar-refractivity contribution is 8.00. The van der Waals surface area contributed by atoms with Crippen molar-refractivity contribution in [2.24, 2.45) is 5.92 Å². The second-order valence-electron chi connectivity index (χ2n) is 6.26. The van der Waals surface area contributed by atoms with E-state index in [2.05, 4.69) is 33.5 Å². The molecule has 4 aliphatic rings. The summed E-state index contributed by atoms with van der Waals surface area (Å²) in [6.07, 6.45) is 5.77. The van der Waals surface area contributed by atoms with Crippen molar-refractivity contribution in [3.8, 4) is 0 Å². The molecule has 4 rings (SSSR count). The summed E-state index contributed by atoms with van der Waals surface area (Å²) in [5, 5.41) is 6.52. The van der Waals surface area contributed by atoms with E-state index < -0.39 is 0 Å². The first kappa shape index (κ1) is 13.8. The molecule has 0 aromatic carbocycles. The van der Waals surface area contributed by atoms with Crippen molar-refractivity contribution in [1.29, 1.82) is 0 Å². The van der Waals surface area contributed by atoms with Crippen LogP contribution >= 0.6 is 11.8 Å². The molecule has 0 aromatic heterocycles. The monoisotopic (exact) mass is 299 g/mol. The topological polar surface area (TPSA) is 60.6 Å². The number of piperidine rings is 1. The highest BCUT2D eigenvalue weighted by atomic mass is 32.2. The third kappa shape index (κ3) is 2.39. The lowest BCUT2D eigenvalue weighted by molar-refractivity contribution is 0.0502. The van der Waals surface area contributed by atoms with Crippen molar-refractivity contribution in [3.63, 3.8) is 0 Å². The van der Waals surface area contributed by atoms with Crippen LogP contribution in [0.4, 0.5) is 0 Å². The zero-order valence-corrected chi connectivity index (χ0v) is 12.8. The number of ether oxygens (including phenoxy) is 1. The first-order valence-corrected chi connectivity index (χ1v) is 8.83. The summed E-state index contributed by atoms with van der Waals surface area (Å²) in [6.45, 7) is 4.25. The molecule has 0 saturated carbocycles. The van der Waals surface area contributed by atoms with Crippen molar-refractivity contribution in [2.75, 3.05) is 13.2 Å². The van der Waals surface area contributed by atoms with Gasteiger partial charge in [0.15, 0.2) is 0 Å². The minimum Gasteiger partial charge on any atom is -0.378 e. The predicted octanol–water partition coefficient (Wildman–Crippen LogP) is 0.151. The minimum atomic E-state index is 0.332. The summed E-state index contributed by atoms with van der Waals surface area (Å²) < 4.78 is 5.73. The van der Waals surface area contributed by atoms with Gasteiger partial charge in [0.05, 0.1) is 17.6 Å². The molecule has 4 heterocycles. The Kier molecular flexibility index (Phi) is 3.93. The molecule has 6 atom stereocenters. The predicted molar refractivity (Wildman–Crippen MR) is 79.4 cm³/mol. The molecule has 4 saturated heterocycles. The second-order valence-corrected chi connectivity index (χ2v) is 7.49. The molecule has 4 fully saturated rings. The van der Waals surface area contributed by atoms with E-state index in [4.69, 9.17) is 4.74 Å². The van der Waals surface area contributed by atoms with Crippen LogP contribution in [0.2, 0.25) is 0 Å². The Bertz CT molecular complexity index is 354. The molecule has 7 heteroatoms. The van der Waals surface area contributed by atoms with Gasteiger partial charge in [-0.25, -0.2) is 16.3 Å². The SMILES string of the molecule is CC1OCCC1C1NNC2SC(C3CCCCN3)NN21. The van der Waals surface area contributed by atoms with Crippen LogP contribution in [0.1, 0.15) is 32.6 Å². The maximum absolute atomic E-state index is 5.73. The highest BCUT2D eigenvalue weighted by Gasteiger charge is 2.48. The molecule has 114 valence electrons. The van der Waals surface area contributed by atoms with Crippen LogP contribution in [-0.4, -0.2) is 47.3 Å². The maximum atomic E-state index is 5.73. The van der Waals surface area contributed by atoms with Gasteiger partial charge in [-0.15, -0.1) is 11.8 Å². The summed E-state index contributed by atoms with van der Waals surface area (Å²) in [7, 11) is 0. The number of thioether (sulfide) groups is 1. The Hall–Kier alpha value is 0.110. The van der Waals surface area contributed by atoms with Gasteiger partial charge in [0.2, 0.25) is 0 Å². The summed E-state index contributed by atoms with van der Waals surface area (Å²) >= 11 is 1.99. The lowest BCUT2D eigenvalue weighted by Crippen LogP contribution is -2.55. The Balaban J connectivity index is 1.41. The standard InChI is InChI=1S/C13H25N5OS/c1-8-9(5-7-19-8)11-15-16-13-18(11)17-12(20-13)10-4-2-3-6-14-10/h8-17H,2-7H2,1H3. The molecule has 0 aromatic rings.